The lowest BCUT2D eigenvalue weighted by molar-refractivity contribution is 0.0280. The SMILES string of the molecule is CC(C)(O)COc1cc(-c2ccc(F)nc2)c2c(C#N)cnn2c1.CC(C)(O)COc1cc(-c2ccc(N3CCC(N)(Cc4cccnc4)CC3)nc2)c2c(C#N)cnn2c1.NC1(Cc2cccnc2)CCNCC1. The summed E-state index contributed by atoms with van der Waals surface area (Å²) in [6.07, 6.45) is 22.5. The summed E-state index contributed by atoms with van der Waals surface area (Å²) in [5.41, 5.74) is 18.3. The molecule has 2 fully saturated rings. The van der Waals surface area contributed by atoms with Crippen LogP contribution in [-0.4, -0.2) is 111 Å². The lowest BCUT2D eigenvalue weighted by Crippen LogP contribution is -2.52. The summed E-state index contributed by atoms with van der Waals surface area (Å²) in [5.74, 6) is 1.33. The average molecular weight is 1020 g/mol. The molecule has 10 heterocycles. The third-order valence-electron chi connectivity index (χ3n) is 12.9. The number of nitrogens with one attached hydrogen (secondary N) is 1. The van der Waals surface area contributed by atoms with Crippen molar-refractivity contribution in [3.63, 3.8) is 0 Å². The van der Waals surface area contributed by atoms with Crippen molar-refractivity contribution in [1.82, 2.24) is 44.5 Å². The van der Waals surface area contributed by atoms with E-state index in [1.54, 1.807) is 75.3 Å². The molecule has 19 heteroatoms. The van der Waals surface area contributed by atoms with E-state index in [9.17, 15) is 25.1 Å². The van der Waals surface area contributed by atoms with E-state index in [-0.39, 0.29) is 24.3 Å². The molecule has 7 N–H and O–H groups in total. The fourth-order valence-electron chi connectivity index (χ4n) is 9.02. The molecule has 2 aliphatic rings. The van der Waals surface area contributed by atoms with Crippen molar-refractivity contribution in [2.24, 2.45) is 11.5 Å². The molecule has 0 amide bonds. The molecule has 0 unspecified atom stereocenters. The number of rotatable bonds is 13. The Balaban J connectivity index is 0.000000167. The van der Waals surface area contributed by atoms with Gasteiger partial charge in [-0.15, -0.1) is 0 Å². The van der Waals surface area contributed by atoms with Gasteiger partial charge >= 0.3 is 0 Å². The van der Waals surface area contributed by atoms with Crippen LogP contribution in [0.5, 0.6) is 11.5 Å². The van der Waals surface area contributed by atoms with Gasteiger partial charge in [0.1, 0.15) is 42.7 Å². The number of nitrogens with zero attached hydrogens (tertiary/aromatic N) is 11. The minimum Gasteiger partial charge on any atom is -0.489 e. The monoisotopic (exact) mass is 1010 g/mol. The quantitative estimate of drug-likeness (QED) is 0.0761. The first-order valence-electron chi connectivity index (χ1n) is 24.8. The van der Waals surface area contributed by atoms with Crippen LogP contribution >= 0.6 is 0 Å². The van der Waals surface area contributed by atoms with Crippen LogP contribution in [0.2, 0.25) is 0 Å². The summed E-state index contributed by atoms with van der Waals surface area (Å²) in [6, 6.07) is 22.8. The fraction of sp³-hybridized carbons (Fsp3) is 0.357. The summed E-state index contributed by atoms with van der Waals surface area (Å²) in [5, 5.41) is 50.6. The molecule has 0 saturated carbocycles. The summed E-state index contributed by atoms with van der Waals surface area (Å²) in [7, 11) is 0. The molecule has 388 valence electrons. The lowest BCUT2D eigenvalue weighted by atomic mass is 9.83. The van der Waals surface area contributed by atoms with Crippen molar-refractivity contribution in [2.45, 2.75) is 88.5 Å². The summed E-state index contributed by atoms with van der Waals surface area (Å²) >= 11 is 0. The second kappa shape index (κ2) is 23.1. The Morgan fingerprint density at radius 3 is 1.56 bits per heavy atom. The maximum Gasteiger partial charge on any atom is 0.212 e. The summed E-state index contributed by atoms with van der Waals surface area (Å²) in [6.45, 7) is 10.6. The molecule has 0 atom stereocenters. The van der Waals surface area contributed by atoms with E-state index >= 15 is 0 Å². The Bertz CT molecular complexity index is 3240. The zero-order valence-corrected chi connectivity index (χ0v) is 42.7. The molecule has 2 saturated heterocycles. The van der Waals surface area contributed by atoms with Gasteiger partial charge in [0, 0.05) is 83.6 Å². The van der Waals surface area contributed by atoms with Crippen LogP contribution in [0.25, 0.3) is 33.3 Å². The van der Waals surface area contributed by atoms with Gasteiger partial charge in [-0.3, -0.25) is 9.97 Å². The molecule has 10 rings (SSSR count). The van der Waals surface area contributed by atoms with Gasteiger partial charge in [0.25, 0.3) is 0 Å². The highest BCUT2D eigenvalue weighted by molar-refractivity contribution is 5.86. The number of hydrogen-bond donors (Lipinski definition) is 5. The molecule has 2 aliphatic heterocycles. The Morgan fingerprint density at radius 2 is 1.15 bits per heavy atom. The maximum atomic E-state index is 13.1. The van der Waals surface area contributed by atoms with Crippen molar-refractivity contribution in [3.05, 3.63) is 151 Å². The van der Waals surface area contributed by atoms with E-state index in [4.69, 9.17) is 25.9 Å². The number of anilines is 1. The van der Waals surface area contributed by atoms with Crippen LogP contribution < -0.4 is 31.2 Å². The number of nitriles is 2. The summed E-state index contributed by atoms with van der Waals surface area (Å²) in [4.78, 5) is 19.0. The zero-order chi connectivity index (χ0) is 53.2. The smallest absolute Gasteiger partial charge is 0.212 e. The largest absolute Gasteiger partial charge is 0.489 e. The second-order valence-electron chi connectivity index (χ2n) is 20.6. The van der Waals surface area contributed by atoms with Gasteiger partial charge in [0.2, 0.25) is 5.95 Å². The number of hydrogen-bond acceptors (Lipinski definition) is 16. The van der Waals surface area contributed by atoms with Crippen molar-refractivity contribution in [1.29, 1.82) is 10.5 Å². The van der Waals surface area contributed by atoms with Crippen molar-refractivity contribution in [2.75, 3.05) is 44.3 Å². The third-order valence-corrected chi connectivity index (χ3v) is 12.9. The predicted molar refractivity (Wildman–Crippen MR) is 283 cm³/mol. The predicted octanol–water partition coefficient (Wildman–Crippen LogP) is 6.61. The van der Waals surface area contributed by atoms with Crippen LogP contribution in [0.15, 0.2) is 123 Å². The number of pyridine rings is 6. The van der Waals surface area contributed by atoms with Crippen molar-refractivity contribution in [3.8, 4) is 45.9 Å². The number of ether oxygens (including phenoxy) is 2. The molecule has 0 aromatic carbocycles. The minimum atomic E-state index is -0.992. The number of fused-ring (bicyclic) bond motifs is 2. The third kappa shape index (κ3) is 14.2. The van der Waals surface area contributed by atoms with Gasteiger partial charge in [0.15, 0.2) is 0 Å². The molecule has 0 spiro atoms. The minimum absolute atomic E-state index is 0.0196. The second-order valence-corrected chi connectivity index (χ2v) is 20.6. The first-order valence-corrected chi connectivity index (χ1v) is 24.8. The highest BCUT2D eigenvalue weighted by Gasteiger charge is 2.32. The molecular formula is C56H63FN14O4. The van der Waals surface area contributed by atoms with Gasteiger partial charge < -0.3 is 41.4 Å². The number of aliphatic hydroxyl groups is 2. The fourth-order valence-corrected chi connectivity index (χ4v) is 9.02. The molecule has 8 aromatic rings. The highest BCUT2D eigenvalue weighted by Crippen LogP contribution is 2.34. The first-order chi connectivity index (χ1) is 35.9. The van der Waals surface area contributed by atoms with Crippen LogP contribution in [0.4, 0.5) is 10.2 Å². The number of halogens is 1. The van der Waals surface area contributed by atoms with E-state index in [0.29, 0.717) is 44.8 Å². The lowest BCUT2D eigenvalue weighted by Gasteiger charge is -2.40. The summed E-state index contributed by atoms with van der Waals surface area (Å²) < 4.78 is 27.7. The first kappa shape index (κ1) is 53.4. The molecule has 8 aromatic heterocycles. The maximum absolute atomic E-state index is 13.1. The Labute approximate surface area is 435 Å². The molecule has 0 radical (unpaired) electrons. The number of aromatic nitrogens is 8. The number of piperidine rings is 2. The average Bonchev–Trinajstić information content (AvgIpc) is 4.02. The van der Waals surface area contributed by atoms with Crippen LogP contribution in [0.3, 0.4) is 0 Å². The Hall–Kier alpha value is -7.91. The van der Waals surface area contributed by atoms with Gasteiger partial charge in [-0.2, -0.15) is 25.1 Å². The normalized spacial score (nSPS) is 15.2. The van der Waals surface area contributed by atoms with Crippen molar-refractivity contribution < 1.29 is 24.1 Å². The van der Waals surface area contributed by atoms with Gasteiger partial charge in [-0.05, 0) is 139 Å². The van der Waals surface area contributed by atoms with Crippen molar-refractivity contribution >= 4 is 16.9 Å². The van der Waals surface area contributed by atoms with Gasteiger partial charge in [0.05, 0.1) is 58.1 Å². The van der Waals surface area contributed by atoms with E-state index in [0.717, 1.165) is 87.2 Å². The van der Waals surface area contributed by atoms with E-state index in [1.807, 2.05) is 48.9 Å². The van der Waals surface area contributed by atoms with E-state index < -0.39 is 17.1 Å². The van der Waals surface area contributed by atoms with E-state index in [2.05, 4.69) is 59.6 Å². The van der Waals surface area contributed by atoms with Crippen LogP contribution in [0.1, 0.15) is 75.6 Å². The number of nitrogens with two attached hydrogens (primary N) is 2. The standard InChI is InChI=1S/C28H31N7O2.C17H15FN4O2.C11H17N3/c1-27(2,36)19-37-23-12-24(26-22(14-29)17-33-35(26)18-23)21-5-6-25(32-16-21)34-10-7-28(30,8-11-34)13-20-4-3-9-31-15-20;1-17(2,23)10-24-13-5-14(11-3-4-15(18)20-7-11)16-12(6-19)8-21-22(16)9-13;12-11(3-6-13-7-4-11)8-10-2-1-5-14-9-10/h3-6,9,12,15-18,36H,7-8,10-11,13,19,30H2,1-2H3;3-5,7-9,23H,10H2,1-2H3;1-2,5,9,13H,3-4,6-8,12H2. The zero-order valence-electron chi connectivity index (χ0n) is 42.7. The van der Waals surface area contributed by atoms with Gasteiger partial charge in [-0.1, -0.05) is 12.1 Å². The van der Waals surface area contributed by atoms with E-state index in [1.165, 1.54) is 28.5 Å². The van der Waals surface area contributed by atoms with Crippen LogP contribution in [0, 0.1) is 28.6 Å². The molecule has 18 nitrogen and oxygen atoms in total. The molecule has 0 bridgehead atoms. The topological polar surface area (TPSA) is 260 Å². The molecule has 0 aliphatic carbocycles. The highest BCUT2D eigenvalue weighted by atomic mass is 19.1. The molecule has 75 heavy (non-hydrogen) atoms. The van der Waals surface area contributed by atoms with Gasteiger partial charge in [-0.25, -0.2) is 19.0 Å². The molecular weight excluding hydrogens is 952 g/mol. The Kier molecular flexibility index (Phi) is 16.4. The van der Waals surface area contributed by atoms with Crippen LogP contribution in [-0.2, 0) is 12.8 Å². The Morgan fingerprint density at radius 1 is 0.667 bits per heavy atom.